The van der Waals surface area contributed by atoms with Crippen molar-refractivity contribution >= 4 is 12.0 Å². The Bertz CT molecular complexity index is 243. The Morgan fingerprint density at radius 2 is 2.60 bits per heavy atom. The van der Waals surface area contributed by atoms with Crippen molar-refractivity contribution in [3.63, 3.8) is 0 Å². The molecule has 0 amide bonds. The maximum absolute atomic E-state index is 10.1. The summed E-state index contributed by atoms with van der Waals surface area (Å²) in [5.74, 6) is -0.951. The minimum atomic E-state index is -0.951. The van der Waals surface area contributed by atoms with Crippen LogP contribution in [0, 0.1) is 0 Å². The predicted molar refractivity (Wildman–Crippen MR) is 32.3 cm³/mol. The van der Waals surface area contributed by atoms with Crippen LogP contribution in [0.4, 0.5) is 6.01 Å². The number of oxazole rings is 1. The molecule has 1 heterocycles. The second kappa shape index (κ2) is 2.38. The maximum atomic E-state index is 10.1. The van der Waals surface area contributed by atoms with Crippen molar-refractivity contribution in [2.45, 2.75) is 6.42 Å². The van der Waals surface area contributed by atoms with Crippen LogP contribution >= 0.6 is 0 Å². The molecule has 0 saturated heterocycles. The second-order valence-corrected chi connectivity index (χ2v) is 1.75. The highest BCUT2D eigenvalue weighted by molar-refractivity contribution is 5.69. The molecule has 0 aliphatic heterocycles. The van der Waals surface area contributed by atoms with Gasteiger partial charge in [-0.1, -0.05) is 0 Å². The van der Waals surface area contributed by atoms with E-state index in [2.05, 4.69) is 9.40 Å². The molecule has 0 bridgehead atoms. The van der Waals surface area contributed by atoms with Crippen molar-refractivity contribution in [2.75, 3.05) is 5.73 Å². The van der Waals surface area contributed by atoms with Gasteiger partial charge >= 0.3 is 5.97 Å². The minimum absolute atomic E-state index is 0.00347. The quantitative estimate of drug-likeness (QED) is 0.601. The number of carboxylic acids is 1. The molecule has 0 aromatic carbocycles. The number of nitrogens with zero attached hydrogens (tertiary/aromatic N) is 1. The Hall–Kier alpha value is -1.52. The number of aromatic nitrogens is 1. The molecule has 54 valence electrons. The normalized spacial score (nSPS) is 9.60. The van der Waals surface area contributed by atoms with E-state index < -0.39 is 5.97 Å². The monoisotopic (exact) mass is 142 g/mol. The van der Waals surface area contributed by atoms with Crippen molar-refractivity contribution in [1.82, 2.24) is 4.98 Å². The summed E-state index contributed by atoms with van der Waals surface area (Å²) in [5, 5.41) is 8.25. The smallest absolute Gasteiger partial charge is 0.309 e. The number of anilines is 1. The molecule has 0 aliphatic carbocycles. The van der Waals surface area contributed by atoms with Gasteiger partial charge in [-0.05, 0) is 0 Å². The molecule has 0 fully saturated rings. The summed E-state index contributed by atoms with van der Waals surface area (Å²) in [6.45, 7) is 0. The van der Waals surface area contributed by atoms with Gasteiger partial charge in [0.1, 0.15) is 6.26 Å². The average molecular weight is 142 g/mol. The third-order valence-electron chi connectivity index (χ3n) is 0.902. The number of rotatable bonds is 2. The number of nitrogens with two attached hydrogens (primary N) is 1. The van der Waals surface area contributed by atoms with Gasteiger partial charge in [0, 0.05) is 0 Å². The van der Waals surface area contributed by atoms with Crippen LogP contribution in [-0.4, -0.2) is 16.1 Å². The van der Waals surface area contributed by atoms with Gasteiger partial charge < -0.3 is 15.3 Å². The van der Waals surface area contributed by atoms with Crippen molar-refractivity contribution in [3.05, 3.63) is 12.0 Å². The van der Waals surface area contributed by atoms with Crippen LogP contribution in [0.5, 0.6) is 0 Å². The summed E-state index contributed by atoms with van der Waals surface area (Å²) < 4.78 is 4.57. The SMILES string of the molecule is Nc1nc(CC(=O)O)co1. The van der Waals surface area contributed by atoms with E-state index in [9.17, 15) is 4.79 Å². The lowest BCUT2D eigenvalue weighted by Gasteiger charge is -1.83. The van der Waals surface area contributed by atoms with Crippen LogP contribution in [0.2, 0.25) is 0 Å². The molecule has 10 heavy (non-hydrogen) atoms. The first-order valence-corrected chi connectivity index (χ1v) is 2.60. The third kappa shape index (κ3) is 1.48. The molecule has 0 radical (unpaired) electrons. The van der Waals surface area contributed by atoms with Gasteiger partial charge in [-0.2, -0.15) is 4.98 Å². The molecule has 3 N–H and O–H groups in total. The summed E-state index contributed by atoms with van der Waals surface area (Å²) in [4.78, 5) is 13.6. The first-order valence-electron chi connectivity index (χ1n) is 2.60. The van der Waals surface area contributed by atoms with E-state index in [0.29, 0.717) is 5.69 Å². The van der Waals surface area contributed by atoms with E-state index in [0.717, 1.165) is 0 Å². The number of hydrogen-bond donors (Lipinski definition) is 2. The zero-order valence-electron chi connectivity index (χ0n) is 5.07. The van der Waals surface area contributed by atoms with Gasteiger partial charge in [-0.3, -0.25) is 4.79 Å². The molecule has 0 spiro atoms. The summed E-state index contributed by atoms with van der Waals surface area (Å²) in [7, 11) is 0. The molecule has 0 unspecified atom stereocenters. The number of carbonyl (C=O) groups is 1. The molecule has 5 heteroatoms. The lowest BCUT2D eigenvalue weighted by Crippen LogP contribution is -2.00. The van der Waals surface area contributed by atoms with E-state index in [1.54, 1.807) is 0 Å². The summed E-state index contributed by atoms with van der Waals surface area (Å²) in [6, 6.07) is -0.00347. The Morgan fingerprint density at radius 3 is 3.00 bits per heavy atom. The van der Waals surface area contributed by atoms with Crippen LogP contribution in [0.3, 0.4) is 0 Å². The van der Waals surface area contributed by atoms with Gasteiger partial charge in [0.15, 0.2) is 0 Å². The van der Waals surface area contributed by atoms with Crippen molar-refractivity contribution < 1.29 is 14.3 Å². The van der Waals surface area contributed by atoms with Crippen LogP contribution in [-0.2, 0) is 11.2 Å². The highest BCUT2D eigenvalue weighted by Gasteiger charge is 2.04. The number of hydrogen-bond acceptors (Lipinski definition) is 4. The van der Waals surface area contributed by atoms with E-state index >= 15 is 0 Å². The van der Waals surface area contributed by atoms with E-state index in [1.165, 1.54) is 6.26 Å². The molecule has 1 aromatic heterocycles. The van der Waals surface area contributed by atoms with E-state index in [-0.39, 0.29) is 12.4 Å². The zero-order valence-corrected chi connectivity index (χ0v) is 5.07. The zero-order chi connectivity index (χ0) is 7.56. The van der Waals surface area contributed by atoms with Crippen molar-refractivity contribution in [1.29, 1.82) is 0 Å². The van der Waals surface area contributed by atoms with Gasteiger partial charge in [0.25, 0.3) is 6.01 Å². The van der Waals surface area contributed by atoms with Gasteiger partial charge in [0.05, 0.1) is 12.1 Å². The molecule has 5 nitrogen and oxygen atoms in total. The fraction of sp³-hybridized carbons (Fsp3) is 0.200. The Morgan fingerprint density at radius 1 is 1.90 bits per heavy atom. The molecule has 0 saturated carbocycles. The van der Waals surface area contributed by atoms with Crippen LogP contribution < -0.4 is 5.73 Å². The first kappa shape index (κ1) is 6.60. The van der Waals surface area contributed by atoms with Crippen LogP contribution in [0.25, 0.3) is 0 Å². The number of aliphatic carboxylic acids is 1. The fourth-order valence-corrected chi connectivity index (χ4v) is 0.559. The van der Waals surface area contributed by atoms with E-state index in [4.69, 9.17) is 10.8 Å². The highest BCUT2D eigenvalue weighted by atomic mass is 16.4. The highest BCUT2D eigenvalue weighted by Crippen LogP contribution is 2.02. The Labute approximate surface area is 56.5 Å². The molecule has 1 aromatic rings. The second-order valence-electron chi connectivity index (χ2n) is 1.75. The average Bonchev–Trinajstić information content (AvgIpc) is 2.13. The van der Waals surface area contributed by atoms with Gasteiger partial charge in [0.2, 0.25) is 0 Å². The lowest BCUT2D eigenvalue weighted by molar-refractivity contribution is -0.136. The summed E-state index contributed by atoms with van der Waals surface area (Å²) in [6.07, 6.45) is 1.07. The van der Waals surface area contributed by atoms with Gasteiger partial charge in [-0.15, -0.1) is 0 Å². The number of carboxylic acid groups (broad SMARTS) is 1. The first-order chi connectivity index (χ1) is 4.68. The molecule has 0 aliphatic rings. The van der Waals surface area contributed by atoms with Crippen LogP contribution in [0.1, 0.15) is 5.69 Å². The lowest BCUT2D eigenvalue weighted by atomic mass is 10.3. The third-order valence-corrected chi connectivity index (χ3v) is 0.902. The molecular formula is C5H6N2O3. The summed E-state index contributed by atoms with van der Waals surface area (Å²) >= 11 is 0. The maximum Gasteiger partial charge on any atom is 0.309 e. The number of nitrogen functional groups attached to an aromatic ring is 1. The molecule has 0 atom stereocenters. The Balaban J connectivity index is 2.67. The molecule has 1 rings (SSSR count). The van der Waals surface area contributed by atoms with Crippen molar-refractivity contribution in [2.24, 2.45) is 0 Å². The van der Waals surface area contributed by atoms with Gasteiger partial charge in [-0.25, -0.2) is 0 Å². The topological polar surface area (TPSA) is 89.3 Å². The van der Waals surface area contributed by atoms with Crippen molar-refractivity contribution in [3.8, 4) is 0 Å². The minimum Gasteiger partial charge on any atom is -0.481 e. The Kier molecular flexibility index (Phi) is 1.57. The summed E-state index contributed by atoms with van der Waals surface area (Å²) in [5.41, 5.74) is 5.42. The largest absolute Gasteiger partial charge is 0.481 e. The standard InChI is InChI=1S/C5H6N2O3/c6-5-7-3(2-10-5)1-4(8)9/h2H,1H2,(H2,6,7)(H,8,9). The predicted octanol–water partition coefficient (Wildman–Crippen LogP) is -0.116. The molecular weight excluding hydrogens is 136 g/mol. The van der Waals surface area contributed by atoms with Crippen LogP contribution in [0.15, 0.2) is 10.7 Å². The fourth-order valence-electron chi connectivity index (χ4n) is 0.559. The van der Waals surface area contributed by atoms with E-state index in [1.807, 2.05) is 0 Å².